The smallest absolute Gasteiger partial charge is 0.360 e. The zero-order valence-electron chi connectivity index (χ0n) is 7.79. The van der Waals surface area contributed by atoms with Crippen molar-refractivity contribution < 1.29 is 14.3 Å². The van der Waals surface area contributed by atoms with E-state index in [2.05, 4.69) is 25.9 Å². The minimum Gasteiger partial charge on any atom is -0.360 e. The van der Waals surface area contributed by atoms with Crippen molar-refractivity contribution in [1.82, 2.24) is 4.98 Å². The molecule has 16 heavy (non-hydrogen) atoms. The van der Waals surface area contributed by atoms with Crippen LogP contribution in [0.5, 0.6) is 0 Å². The van der Waals surface area contributed by atoms with Crippen LogP contribution in [0.1, 0.15) is 10.4 Å². The molecule has 0 saturated heterocycles. The van der Waals surface area contributed by atoms with E-state index in [0.29, 0.717) is 10.9 Å². The van der Waals surface area contributed by atoms with Gasteiger partial charge in [0.05, 0.1) is 5.52 Å². The number of aromatic amines is 1. The van der Waals surface area contributed by atoms with Crippen molar-refractivity contribution in [3.8, 4) is 0 Å². The molecule has 0 fully saturated rings. The number of hydrogen-bond acceptors (Lipinski definition) is 3. The van der Waals surface area contributed by atoms with Gasteiger partial charge in [0.15, 0.2) is 0 Å². The van der Waals surface area contributed by atoms with Crippen LogP contribution in [0.25, 0.3) is 10.9 Å². The number of halogens is 2. The zero-order valence-corrected chi connectivity index (χ0v) is 9.38. The van der Waals surface area contributed by atoms with Crippen LogP contribution in [0.15, 0.2) is 33.7 Å². The number of carbonyl (C=O) groups excluding carboxylic acids is 1. The fourth-order valence-electron chi connectivity index (χ4n) is 1.39. The van der Waals surface area contributed by atoms with E-state index in [1.165, 1.54) is 6.07 Å². The molecule has 1 aromatic carbocycles. The van der Waals surface area contributed by atoms with Crippen molar-refractivity contribution in [2.45, 2.75) is 0 Å². The summed E-state index contributed by atoms with van der Waals surface area (Å²) in [6, 6.07) is 4.87. The van der Waals surface area contributed by atoms with Gasteiger partial charge in [-0.1, -0.05) is 15.9 Å². The molecule has 1 aromatic heterocycles. The molecule has 82 valence electrons. The maximum atomic E-state index is 11.7. The van der Waals surface area contributed by atoms with E-state index in [1.807, 2.05) is 0 Å². The number of hydrogen-bond donors (Lipinski definition) is 1. The fourth-order valence-corrected chi connectivity index (χ4v) is 1.75. The summed E-state index contributed by atoms with van der Waals surface area (Å²) in [7, 11) is 0. The van der Waals surface area contributed by atoms with Gasteiger partial charge in [0.25, 0.3) is 0 Å². The average Bonchev–Trinajstić information content (AvgIpc) is 2.28. The molecule has 4 nitrogen and oxygen atoms in total. The highest BCUT2D eigenvalue weighted by Crippen LogP contribution is 2.15. The van der Waals surface area contributed by atoms with Crippen molar-refractivity contribution in [3.63, 3.8) is 0 Å². The first-order valence-corrected chi connectivity index (χ1v) is 5.06. The molecule has 0 bridgehead atoms. The van der Waals surface area contributed by atoms with Crippen LogP contribution >= 0.6 is 15.9 Å². The van der Waals surface area contributed by atoms with Gasteiger partial charge in [0, 0.05) is 20.6 Å². The Morgan fingerprint density at radius 2 is 2.19 bits per heavy atom. The molecule has 0 aliphatic carbocycles. The summed E-state index contributed by atoms with van der Waals surface area (Å²) < 4.78 is 12.5. The second kappa shape index (κ2) is 4.05. The van der Waals surface area contributed by atoms with Crippen LogP contribution in [-0.2, 0) is 4.94 Å². The molecule has 0 aliphatic rings. The van der Waals surface area contributed by atoms with Gasteiger partial charge < -0.3 is 4.98 Å². The van der Waals surface area contributed by atoms with E-state index in [0.717, 1.165) is 10.7 Å². The Hall–Kier alpha value is -1.69. The summed E-state index contributed by atoms with van der Waals surface area (Å²) in [5.74, 6) is -1.30. The minimum absolute atomic E-state index is 0.297. The Balaban J connectivity index is 2.76. The van der Waals surface area contributed by atoms with Crippen LogP contribution in [0.3, 0.4) is 0 Å². The molecule has 0 amide bonds. The van der Waals surface area contributed by atoms with Gasteiger partial charge in [-0.2, -0.15) is 0 Å². The maximum absolute atomic E-state index is 11.7. The van der Waals surface area contributed by atoms with Crippen LogP contribution in [-0.4, -0.2) is 11.0 Å². The molecular weight excluding hydrogens is 281 g/mol. The van der Waals surface area contributed by atoms with E-state index in [4.69, 9.17) is 0 Å². The quantitative estimate of drug-likeness (QED) is 0.875. The normalized spacial score (nSPS) is 10.4. The highest BCUT2D eigenvalue weighted by atomic mass is 79.9. The number of nitrogens with one attached hydrogen (secondary N) is 1. The predicted octanol–water partition coefficient (Wildman–Crippen LogP) is 2.33. The van der Waals surface area contributed by atoms with Crippen molar-refractivity contribution in [2.75, 3.05) is 0 Å². The Morgan fingerprint density at radius 1 is 1.44 bits per heavy atom. The third kappa shape index (κ3) is 1.71. The number of aromatic nitrogens is 1. The monoisotopic (exact) mass is 285 g/mol. The minimum atomic E-state index is -1.30. The average molecular weight is 286 g/mol. The highest BCUT2D eigenvalue weighted by molar-refractivity contribution is 9.10. The van der Waals surface area contributed by atoms with E-state index in [9.17, 15) is 14.1 Å². The second-order valence-corrected chi connectivity index (χ2v) is 4.00. The SMILES string of the molecule is O=C(OF)c1c[nH]c2cc(Br)ccc2c1=O. The Bertz CT molecular complexity index is 623. The number of pyridine rings is 1. The lowest BCUT2D eigenvalue weighted by molar-refractivity contribution is -0.0789. The van der Waals surface area contributed by atoms with E-state index in [1.54, 1.807) is 12.1 Å². The molecule has 0 spiro atoms. The van der Waals surface area contributed by atoms with Crippen molar-refractivity contribution in [3.05, 3.63) is 44.7 Å². The molecule has 0 radical (unpaired) electrons. The van der Waals surface area contributed by atoms with Crippen molar-refractivity contribution in [1.29, 1.82) is 0 Å². The highest BCUT2D eigenvalue weighted by Gasteiger charge is 2.14. The number of carbonyl (C=O) groups is 1. The molecule has 1 N–H and O–H groups in total. The van der Waals surface area contributed by atoms with Crippen molar-refractivity contribution in [2.24, 2.45) is 0 Å². The molecule has 1 heterocycles. The third-order valence-corrected chi connectivity index (χ3v) is 2.63. The van der Waals surface area contributed by atoms with Gasteiger partial charge in [0.2, 0.25) is 5.43 Å². The Kier molecular flexibility index (Phi) is 2.74. The third-order valence-electron chi connectivity index (χ3n) is 2.13. The number of benzene rings is 1. The lowest BCUT2D eigenvalue weighted by Gasteiger charge is -2.00. The summed E-state index contributed by atoms with van der Waals surface area (Å²) >= 11 is 3.24. The zero-order chi connectivity index (χ0) is 11.7. The van der Waals surface area contributed by atoms with E-state index >= 15 is 0 Å². The largest absolute Gasteiger partial charge is 0.384 e. The number of rotatable bonds is 1. The molecular formula is C10H5BrFNO3. The molecule has 2 aromatic rings. The first kappa shape index (κ1) is 10.8. The molecule has 6 heteroatoms. The van der Waals surface area contributed by atoms with Gasteiger partial charge in [-0.05, 0) is 18.2 Å². The van der Waals surface area contributed by atoms with Crippen LogP contribution < -0.4 is 5.43 Å². The van der Waals surface area contributed by atoms with Gasteiger partial charge in [-0.25, -0.2) is 9.74 Å². The first-order valence-electron chi connectivity index (χ1n) is 4.27. The predicted molar refractivity (Wildman–Crippen MR) is 58.8 cm³/mol. The number of fused-ring (bicyclic) bond motifs is 1. The number of H-pyrrole nitrogens is 1. The molecule has 0 saturated carbocycles. The fraction of sp³-hybridized carbons (Fsp3) is 0. The summed E-state index contributed by atoms with van der Waals surface area (Å²) in [5.41, 5.74) is -0.379. The first-order chi connectivity index (χ1) is 7.63. The summed E-state index contributed by atoms with van der Waals surface area (Å²) in [6.45, 7) is 0. The summed E-state index contributed by atoms with van der Waals surface area (Å²) in [5, 5.41) is 0.297. The van der Waals surface area contributed by atoms with Gasteiger partial charge >= 0.3 is 5.97 Å². The van der Waals surface area contributed by atoms with E-state index in [-0.39, 0.29) is 5.56 Å². The van der Waals surface area contributed by atoms with Gasteiger partial charge in [-0.3, -0.25) is 4.79 Å². The lowest BCUT2D eigenvalue weighted by Crippen LogP contribution is -2.16. The maximum Gasteiger partial charge on any atom is 0.384 e. The van der Waals surface area contributed by atoms with Gasteiger partial charge in [0.1, 0.15) is 5.56 Å². The molecule has 0 unspecified atom stereocenters. The Labute approximate surface area is 97.1 Å². The molecule has 0 atom stereocenters. The molecule has 2 rings (SSSR count). The Morgan fingerprint density at radius 3 is 2.88 bits per heavy atom. The topological polar surface area (TPSA) is 59.2 Å². The second-order valence-electron chi connectivity index (χ2n) is 3.09. The summed E-state index contributed by atoms with van der Waals surface area (Å²) in [4.78, 5) is 28.4. The van der Waals surface area contributed by atoms with Crippen LogP contribution in [0, 0.1) is 0 Å². The summed E-state index contributed by atoms with van der Waals surface area (Å²) in [6.07, 6.45) is 1.12. The van der Waals surface area contributed by atoms with Gasteiger partial charge in [-0.15, -0.1) is 0 Å². The standard InChI is InChI=1S/C10H5BrFNO3/c11-5-1-2-6-8(3-5)13-4-7(9(6)14)10(15)16-12/h1-4H,(H,13,14). The van der Waals surface area contributed by atoms with Crippen LogP contribution in [0.4, 0.5) is 4.53 Å². The molecule has 0 aliphatic heterocycles. The van der Waals surface area contributed by atoms with E-state index < -0.39 is 11.4 Å². The lowest BCUT2D eigenvalue weighted by atomic mass is 10.1. The van der Waals surface area contributed by atoms with Crippen LogP contribution in [0.2, 0.25) is 0 Å². The van der Waals surface area contributed by atoms with Crippen molar-refractivity contribution >= 4 is 32.8 Å².